The Hall–Kier alpha value is -3.51. The molecule has 3 amide bonds. The molecule has 1 aromatic heterocycles. The van der Waals surface area contributed by atoms with Gasteiger partial charge in [-0.3, -0.25) is 4.79 Å². The van der Waals surface area contributed by atoms with E-state index in [4.69, 9.17) is 4.74 Å². The van der Waals surface area contributed by atoms with Gasteiger partial charge in [-0.2, -0.15) is 0 Å². The molecule has 4 fully saturated rings. The summed E-state index contributed by atoms with van der Waals surface area (Å²) in [6.45, 7) is 17.3. The molecule has 1 aliphatic carbocycles. The van der Waals surface area contributed by atoms with Crippen LogP contribution in [0.15, 0.2) is 30.7 Å². The summed E-state index contributed by atoms with van der Waals surface area (Å²) in [7, 11) is 0. The van der Waals surface area contributed by atoms with Crippen LogP contribution in [0.5, 0.6) is 11.5 Å². The van der Waals surface area contributed by atoms with E-state index in [9.17, 15) is 19.1 Å². The Kier molecular flexibility index (Phi) is 9.85. The first-order valence-corrected chi connectivity index (χ1v) is 18.0. The molecule has 0 radical (unpaired) electrons. The lowest BCUT2D eigenvalue weighted by atomic mass is 9.71. The number of rotatable bonds is 10. The summed E-state index contributed by atoms with van der Waals surface area (Å²) in [4.78, 5) is 43.3. The van der Waals surface area contributed by atoms with E-state index in [1.54, 1.807) is 29.8 Å². The molecule has 4 aliphatic rings. The number of carbonyl (C=O) groups excluding carboxylic acids is 2. The number of nitrogens with one attached hydrogen (secondary N) is 1. The van der Waals surface area contributed by atoms with Gasteiger partial charge in [0.1, 0.15) is 17.9 Å². The second-order valence-corrected chi connectivity index (χ2v) is 16.3. The van der Waals surface area contributed by atoms with Crippen LogP contribution in [0.2, 0.25) is 0 Å². The third kappa shape index (κ3) is 7.80. The van der Waals surface area contributed by atoms with E-state index >= 15 is 0 Å². The predicted octanol–water partition coefficient (Wildman–Crippen LogP) is 5.29. The Morgan fingerprint density at radius 2 is 1.76 bits per heavy atom. The van der Waals surface area contributed by atoms with Gasteiger partial charge in [-0.15, -0.1) is 0 Å². The maximum absolute atomic E-state index is 14.4. The number of hydrogen-bond acceptors (Lipinski definition) is 8. The Bertz CT molecular complexity index is 1500. The van der Waals surface area contributed by atoms with Crippen LogP contribution in [-0.4, -0.2) is 111 Å². The van der Waals surface area contributed by atoms with Gasteiger partial charge in [0.05, 0.1) is 29.4 Å². The highest BCUT2D eigenvalue weighted by atomic mass is 19.1. The number of piperidine rings is 1. The van der Waals surface area contributed by atoms with Crippen molar-refractivity contribution in [1.29, 1.82) is 0 Å². The quantitative estimate of drug-likeness (QED) is 0.348. The predicted molar refractivity (Wildman–Crippen MR) is 186 cm³/mol. The van der Waals surface area contributed by atoms with Crippen LogP contribution < -0.4 is 15.0 Å². The lowest BCUT2D eigenvalue weighted by molar-refractivity contribution is 0.0462. The molecule has 0 bridgehead atoms. The van der Waals surface area contributed by atoms with E-state index < -0.39 is 11.4 Å². The number of hydrogen-bond donors (Lipinski definition) is 2. The summed E-state index contributed by atoms with van der Waals surface area (Å²) in [5.41, 5.74) is -0.634. The molecular formula is C37H54FN7O4. The molecule has 268 valence electrons. The van der Waals surface area contributed by atoms with Crippen LogP contribution in [0.1, 0.15) is 90.4 Å². The minimum absolute atomic E-state index is 0.0491. The largest absolute Gasteiger partial charge is 0.451 e. The molecule has 49 heavy (non-hydrogen) atoms. The molecular weight excluding hydrogens is 625 g/mol. The summed E-state index contributed by atoms with van der Waals surface area (Å²) in [5, 5.41) is 13.5. The molecule has 0 atom stereocenters. The minimum atomic E-state index is -0.896. The van der Waals surface area contributed by atoms with Crippen LogP contribution >= 0.6 is 0 Å². The smallest absolute Gasteiger partial charge is 0.318 e. The van der Waals surface area contributed by atoms with Crippen LogP contribution in [-0.2, 0) is 0 Å². The fourth-order valence-electron chi connectivity index (χ4n) is 8.58. The molecule has 2 aromatic rings. The normalized spacial score (nSPS) is 24.1. The number of urea groups is 1. The number of anilines is 1. The van der Waals surface area contributed by atoms with Crippen LogP contribution in [0.3, 0.4) is 0 Å². The zero-order chi connectivity index (χ0) is 35.1. The zero-order valence-electron chi connectivity index (χ0n) is 30.0. The first-order valence-electron chi connectivity index (χ1n) is 18.0. The van der Waals surface area contributed by atoms with Crippen LogP contribution in [0.4, 0.5) is 15.0 Å². The van der Waals surface area contributed by atoms with Crippen molar-refractivity contribution >= 4 is 17.8 Å². The molecule has 6 rings (SSSR count). The highest BCUT2D eigenvalue weighted by Crippen LogP contribution is 2.45. The summed E-state index contributed by atoms with van der Waals surface area (Å²) >= 11 is 0. The first kappa shape index (κ1) is 35.3. The van der Waals surface area contributed by atoms with E-state index in [-0.39, 0.29) is 46.3 Å². The van der Waals surface area contributed by atoms with Crippen molar-refractivity contribution < 1.29 is 23.8 Å². The number of halogens is 1. The second kappa shape index (κ2) is 13.7. The van der Waals surface area contributed by atoms with Gasteiger partial charge >= 0.3 is 6.03 Å². The fraction of sp³-hybridized carbons (Fsp3) is 0.676. The Balaban J connectivity index is 1.02. The Morgan fingerprint density at radius 1 is 1.08 bits per heavy atom. The minimum Gasteiger partial charge on any atom is -0.451 e. The third-order valence-electron chi connectivity index (χ3n) is 11.0. The van der Waals surface area contributed by atoms with Gasteiger partial charge < -0.3 is 34.8 Å². The van der Waals surface area contributed by atoms with Gasteiger partial charge in [-0.25, -0.2) is 19.2 Å². The average Bonchev–Trinajstić information content (AvgIpc) is 3.30. The highest BCUT2D eigenvalue weighted by Gasteiger charge is 2.48. The SMILES string of the molecule is CC(C)N(C(=O)c1cc(F)ccc1Oc1cncnc1N1CC2(CCN(CC3CCC4(CC3)CN(CC(C)(C)O)C(=O)N4)CC2)C1)C(C)C. The lowest BCUT2D eigenvalue weighted by Gasteiger charge is -2.55. The Labute approximate surface area is 290 Å². The highest BCUT2D eigenvalue weighted by molar-refractivity contribution is 5.97. The molecule has 3 saturated heterocycles. The van der Waals surface area contributed by atoms with Crippen molar-refractivity contribution in [2.75, 3.05) is 50.7 Å². The van der Waals surface area contributed by atoms with E-state index in [1.165, 1.54) is 24.5 Å². The summed E-state index contributed by atoms with van der Waals surface area (Å²) < 4.78 is 20.7. The van der Waals surface area contributed by atoms with Crippen molar-refractivity contribution in [2.45, 2.75) is 103 Å². The molecule has 1 aromatic carbocycles. The van der Waals surface area contributed by atoms with E-state index in [1.807, 2.05) is 27.7 Å². The number of carbonyl (C=O) groups is 2. The van der Waals surface area contributed by atoms with Crippen molar-refractivity contribution in [1.82, 2.24) is 30.0 Å². The zero-order valence-corrected chi connectivity index (χ0v) is 30.0. The summed E-state index contributed by atoms with van der Waals surface area (Å²) in [6.07, 6.45) is 9.58. The number of likely N-dealkylation sites (tertiary alicyclic amines) is 1. The van der Waals surface area contributed by atoms with E-state index in [0.29, 0.717) is 30.6 Å². The first-order chi connectivity index (χ1) is 23.1. The molecule has 2 N–H and O–H groups in total. The van der Waals surface area contributed by atoms with Crippen molar-refractivity contribution in [3.8, 4) is 11.5 Å². The number of benzene rings is 1. The van der Waals surface area contributed by atoms with E-state index in [2.05, 4.69) is 25.1 Å². The van der Waals surface area contributed by atoms with Gasteiger partial charge in [-0.05, 0) is 117 Å². The van der Waals surface area contributed by atoms with Gasteiger partial charge in [0, 0.05) is 43.7 Å². The van der Waals surface area contributed by atoms with Crippen molar-refractivity contribution in [3.05, 3.63) is 42.1 Å². The molecule has 11 nitrogen and oxygen atoms in total. The number of nitrogens with zero attached hydrogens (tertiary/aromatic N) is 6. The third-order valence-corrected chi connectivity index (χ3v) is 11.0. The molecule has 4 heterocycles. The van der Waals surface area contributed by atoms with Crippen LogP contribution in [0, 0.1) is 17.2 Å². The lowest BCUT2D eigenvalue weighted by Crippen LogP contribution is -2.61. The fourth-order valence-corrected chi connectivity index (χ4v) is 8.58. The number of aromatic nitrogens is 2. The standard InChI is InChI=1S/C37H54FN7O4/c1-25(2)45(26(3)4)33(46)29-17-28(38)7-8-30(29)49-31-18-39-24-40-32(31)43-21-36(22-43)13-15-42(16-14-36)19-27-9-11-37(12-10-27)23-44(34(47)41-37)20-35(5,6)48/h7-8,17-18,24-27,48H,9-16,19-23H2,1-6H3,(H,41,47). The number of amides is 3. The van der Waals surface area contributed by atoms with Gasteiger partial charge in [0.2, 0.25) is 0 Å². The molecule has 1 saturated carbocycles. The average molecular weight is 680 g/mol. The van der Waals surface area contributed by atoms with Gasteiger partial charge in [0.25, 0.3) is 5.91 Å². The van der Waals surface area contributed by atoms with Gasteiger partial charge in [0.15, 0.2) is 11.6 Å². The van der Waals surface area contributed by atoms with Crippen LogP contribution in [0.25, 0.3) is 0 Å². The second-order valence-electron chi connectivity index (χ2n) is 16.3. The maximum Gasteiger partial charge on any atom is 0.318 e. The molecule has 3 aliphatic heterocycles. The van der Waals surface area contributed by atoms with Crippen molar-refractivity contribution in [3.63, 3.8) is 0 Å². The molecule has 12 heteroatoms. The van der Waals surface area contributed by atoms with E-state index in [0.717, 1.165) is 71.2 Å². The molecule has 0 unspecified atom stereocenters. The Morgan fingerprint density at radius 3 is 2.39 bits per heavy atom. The van der Waals surface area contributed by atoms with Gasteiger partial charge in [-0.1, -0.05) is 0 Å². The maximum atomic E-state index is 14.4. The van der Waals surface area contributed by atoms with Crippen molar-refractivity contribution in [2.24, 2.45) is 11.3 Å². The summed E-state index contributed by atoms with van der Waals surface area (Å²) in [5.74, 6) is 1.29. The monoisotopic (exact) mass is 679 g/mol. The number of β-amino-alcohol motifs (C(OH)–C–C–N with tert-alkyl or cyclic N) is 1. The number of aliphatic hydroxyl groups is 1. The molecule has 2 spiro atoms. The summed E-state index contributed by atoms with van der Waals surface area (Å²) in [6, 6.07) is 3.90. The topological polar surface area (TPSA) is 114 Å². The number of ether oxygens (including phenoxy) is 1.